The second-order valence-electron chi connectivity index (χ2n) is 5.21. The van der Waals surface area contributed by atoms with Crippen molar-refractivity contribution in [1.29, 1.82) is 0 Å². The molecule has 0 spiro atoms. The van der Waals surface area contributed by atoms with Crippen LogP contribution in [0.5, 0.6) is 11.5 Å². The maximum Gasteiger partial charge on any atom is 0.534 e. The van der Waals surface area contributed by atoms with Crippen molar-refractivity contribution in [3.05, 3.63) is 23.8 Å². The third-order valence-electron chi connectivity index (χ3n) is 2.86. The molecule has 0 aromatic heterocycles. The van der Waals surface area contributed by atoms with Crippen molar-refractivity contribution >= 4 is 36.1 Å². The van der Waals surface area contributed by atoms with E-state index in [2.05, 4.69) is 12.5 Å². The van der Waals surface area contributed by atoms with E-state index in [4.69, 9.17) is 0 Å². The maximum atomic E-state index is 12.5. The van der Waals surface area contributed by atoms with Crippen LogP contribution in [0.2, 0.25) is 0 Å². The van der Waals surface area contributed by atoms with Gasteiger partial charge in [-0.15, -0.1) is 0 Å². The highest BCUT2D eigenvalue weighted by Gasteiger charge is 2.51. The minimum atomic E-state index is -6.70. The second-order valence-corrected chi connectivity index (χ2v) is 9.90. The molecule has 0 unspecified atom stereocenters. The summed E-state index contributed by atoms with van der Waals surface area (Å²) in [6.45, 7) is -1.96. The average molecular weight is 564 g/mol. The molecule has 0 N–H and O–H groups in total. The van der Waals surface area contributed by atoms with Gasteiger partial charge in [0.25, 0.3) is 0 Å². The Balaban J connectivity index is 3.45. The quantitative estimate of drug-likeness (QED) is 0.199. The van der Waals surface area contributed by atoms with Crippen LogP contribution in [0.4, 0.5) is 39.5 Å². The van der Waals surface area contributed by atoms with Crippen molar-refractivity contribution < 1.29 is 82.1 Å². The van der Waals surface area contributed by atoms with Gasteiger partial charge < -0.3 is 8.37 Å². The predicted octanol–water partition coefficient (Wildman–Crippen LogP) is 2.19. The van der Waals surface area contributed by atoms with Crippen molar-refractivity contribution in [1.82, 2.24) is 0 Å². The largest absolute Gasteiger partial charge is 0.534 e. The summed E-state index contributed by atoms with van der Waals surface area (Å²) >= 11 is 0. The molecular formula is C11H5F9O10S3. The molecule has 0 aliphatic heterocycles. The van der Waals surface area contributed by atoms with Crippen LogP contribution in [-0.4, -0.2) is 54.2 Å². The zero-order valence-electron chi connectivity index (χ0n) is 14.6. The Bertz CT molecular complexity index is 1230. The zero-order chi connectivity index (χ0) is 26.3. The Morgan fingerprint density at radius 3 is 1.45 bits per heavy atom. The lowest BCUT2D eigenvalue weighted by Crippen LogP contribution is -2.30. The molecule has 0 amide bonds. The van der Waals surface area contributed by atoms with Crippen molar-refractivity contribution in [2.75, 3.05) is 6.61 Å². The van der Waals surface area contributed by atoms with Gasteiger partial charge in [-0.2, -0.15) is 64.8 Å². The van der Waals surface area contributed by atoms with Gasteiger partial charge in [0.05, 0.1) is 0 Å². The van der Waals surface area contributed by atoms with E-state index in [1.54, 1.807) is 0 Å². The standard InChI is InChI=1S/C11H5F9O10S3/c12-9(13,14)31(22,23)28-4-6(21)5-1-2-7(29-32(24,25)10(15,16)17)8(3-5)30-33(26,27)11(18,19)20/h1-3H,4H2. The second kappa shape index (κ2) is 8.79. The van der Waals surface area contributed by atoms with Gasteiger partial charge in [-0.1, -0.05) is 0 Å². The van der Waals surface area contributed by atoms with Gasteiger partial charge in [-0.3, -0.25) is 8.98 Å². The van der Waals surface area contributed by atoms with Crippen LogP contribution in [0.15, 0.2) is 18.2 Å². The van der Waals surface area contributed by atoms with E-state index in [0.29, 0.717) is 0 Å². The number of Topliss-reactive ketones (excluding diaryl/α,β-unsaturated/α-hetero) is 1. The number of halogens is 9. The van der Waals surface area contributed by atoms with E-state index < -0.39 is 76.3 Å². The Kier molecular flexibility index (Phi) is 7.65. The lowest BCUT2D eigenvalue weighted by molar-refractivity contribution is -0.0537. The van der Waals surface area contributed by atoms with E-state index in [9.17, 15) is 69.6 Å². The van der Waals surface area contributed by atoms with Crippen molar-refractivity contribution in [2.45, 2.75) is 16.5 Å². The van der Waals surface area contributed by atoms with Crippen LogP contribution in [0.3, 0.4) is 0 Å². The van der Waals surface area contributed by atoms with Gasteiger partial charge >= 0.3 is 46.9 Å². The third kappa shape index (κ3) is 6.83. The fourth-order valence-electron chi connectivity index (χ4n) is 1.43. The fourth-order valence-corrected chi connectivity index (χ4v) is 2.75. The molecular weight excluding hydrogens is 559 g/mol. The molecule has 0 heterocycles. The Hall–Kier alpha value is -2.33. The van der Waals surface area contributed by atoms with Gasteiger partial charge in [0.2, 0.25) is 0 Å². The SMILES string of the molecule is O=C(COS(=O)(=O)C(F)(F)F)c1ccc(OS(=O)(=O)C(F)(F)F)c(OS(=O)(=O)C(F)(F)F)c1. The molecule has 10 nitrogen and oxygen atoms in total. The summed E-state index contributed by atoms with van der Waals surface area (Å²) in [7, 11) is -19.7. The van der Waals surface area contributed by atoms with E-state index in [0.717, 1.165) is 0 Å². The molecule has 190 valence electrons. The summed E-state index contributed by atoms with van der Waals surface area (Å²) in [6, 6.07) is 0.00657. The van der Waals surface area contributed by atoms with Gasteiger partial charge in [0, 0.05) is 5.56 Å². The Morgan fingerprint density at radius 1 is 0.667 bits per heavy atom. The van der Waals surface area contributed by atoms with Gasteiger partial charge in [-0.25, -0.2) is 0 Å². The number of carbonyl (C=O) groups excluding carboxylic acids is 1. The van der Waals surface area contributed by atoms with Crippen LogP contribution in [-0.2, 0) is 34.5 Å². The minimum absolute atomic E-state index is 0.0317. The zero-order valence-corrected chi connectivity index (χ0v) is 17.1. The molecule has 22 heteroatoms. The van der Waals surface area contributed by atoms with Gasteiger partial charge in [-0.05, 0) is 18.2 Å². The molecule has 0 saturated carbocycles. The molecule has 0 aliphatic rings. The first-order chi connectivity index (χ1) is 14.4. The topological polar surface area (TPSA) is 147 Å². The Morgan fingerprint density at radius 2 is 1.06 bits per heavy atom. The van der Waals surface area contributed by atoms with Crippen molar-refractivity contribution in [2.24, 2.45) is 0 Å². The number of hydrogen-bond donors (Lipinski definition) is 0. The number of ketones is 1. The third-order valence-corrected chi connectivity index (χ3v) is 5.79. The van der Waals surface area contributed by atoms with Crippen LogP contribution in [0, 0.1) is 0 Å². The number of hydrogen-bond acceptors (Lipinski definition) is 10. The van der Waals surface area contributed by atoms with Gasteiger partial charge in [0.15, 0.2) is 17.3 Å². The molecule has 0 radical (unpaired) electrons. The van der Waals surface area contributed by atoms with Crippen LogP contribution >= 0.6 is 0 Å². The highest BCUT2D eigenvalue weighted by molar-refractivity contribution is 7.88. The molecule has 0 fully saturated rings. The number of benzene rings is 1. The number of alkyl halides is 9. The summed E-state index contributed by atoms with van der Waals surface area (Å²) in [5, 5.41) is 0. The first-order valence-corrected chi connectivity index (χ1v) is 11.3. The van der Waals surface area contributed by atoms with Crippen LogP contribution in [0.25, 0.3) is 0 Å². The van der Waals surface area contributed by atoms with Gasteiger partial charge in [0.1, 0.15) is 6.61 Å². The van der Waals surface area contributed by atoms with Crippen LogP contribution < -0.4 is 8.37 Å². The van der Waals surface area contributed by atoms with Crippen molar-refractivity contribution in [3.63, 3.8) is 0 Å². The summed E-state index contributed by atoms with van der Waals surface area (Å²) in [6.07, 6.45) is 0. The highest BCUT2D eigenvalue weighted by Crippen LogP contribution is 2.37. The van der Waals surface area contributed by atoms with E-state index in [1.165, 1.54) is 0 Å². The van der Waals surface area contributed by atoms with Crippen molar-refractivity contribution in [3.8, 4) is 11.5 Å². The lowest BCUT2D eigenvalue weighted by atomic mass is 10.1. The van der Waals surface area contributed by atoms with Crippen LogP contribution in [0.1, 0.15) is 10.4 Å². The molecule has 0 saturated heterocycles. The summed E-state index contributed by atoms with van der Waals surface area (Å²) in [5.74, 6) is -5.63. The molecule has 1 rings (SSSR count). The highest BCUT2D eigenvalue weighted by atomic mass is 32.2. The van der Waals surface area contributed by atoms with E-state index >= 15 is 0 Å². The summed E-state index contributed by atoms with van der Waals surface area (Å²) in [4.78, 5) is 11.8. The first kappa shape index (κ1) is 28.7. The fraction of sp³-hybridized carbons (Fsp3) is 0.364. The molecule has 0 atom stereocenters. The summed E-state index contributed by atoms with van der Waals surface area (Å²) < 4.78 is 187. The normalized spacial score (nSPS) is 14.1. The first-order valence-electron chi connectivity index (χ1n) is 7.06. The number of carbonyl (C=O) groups is 1. The Labute approximate surface area is 177 Å². The summed E-state index contributed by atoms with van der Waals surface area (Å²) in [5.41, 5.74) is -19.6. The van der Waals surface area contributed by atoms with E-state index in [1.807, 2.05) is 0 Å². The average Bonchev–Trinajstić information content (AvgIpc) is 2.57. The molecule has 0 aliphatic carbocycles. The minimum Gasteiger partial charge on any atom is -0.372 e. The maximum absolute atomic E-state index is 12.5. The lowest BCUT2D eigenvalue weighted by Gasteiger charge is -2.15. The smallest absolute Gasteiger partial charge is 0.372 e. The predicted molar refractivity (Wildman–Crippen MR) is 82.9 cm³/mol. The monoisotopic (exact) mass is 564 g/mol. The molecule has 1 aromatic rings. The van der Waals surface area contributed by atoms with E-state index in [-0.39, 0.29) is 18.2 Å². The molecule has 33 heavy (non-hydrogen) atoms. The molecule has 0 bridgehead atoms. The molecule has 1 aromatic carbocycles. The number of rotatable bonds is 8.